The van der Waals surface area contributed by atoms with Crippen LogP contribution in [-0.2, 0) is 13.0 Å². The van der Waals surface area contributed by atoms with E-state index in [1.54, 1.807) is 6.33 Å². The molecule has 0 aliphatic heterocycles. The Balaban J connectivity index is 0.00000364. The highest BCUT2D eigenvalue weighted by molar-refractivity contribution is 14.0. The summed E-state index contributed by atoms with van der Waals surface area (Å²) >= 11 is 5.98. The van der Waals surface area contributed by atoms with Crippen LogP contribution in [0.25, 0.3) is 0 Å². The average Bonchev–Trinajstić information content (AvgIpc) is 3.07. The van der Waals surface area contributed by atoms with Gasteiger partial charge in [-0.2, -0.15) is 0 Å². The summed E-state index contributed by atoms with van der Waals surface area (Å²) in [6.07, 6.45) is 2.65. The monoisotopic (exact) mass is 504 g/mol. The summed E-state index contributed by atoms with van der Waals surface area (Å²) in [7, 11) is 0. The predicted octanol–water partition coefficient (Wildman–Crippen LogP) is 4.06. The van der Waals surface area contributed by atoms with Crippen LogP contribution < -0.4 is 10.6 Å². The standard InChI is InChI=1S/C19H29ClN6.HI/c1-5-18-25-23-13-26(18)11-10-21-19(22-12-14(2)3)24-15(4)16-6-8-17(20)9-7-16;/h6-9,13-15H,5,10-12H2,1-4H3,(H2,21,22,24);1H. The fraction of sp³-hybridized carbons (Fsp3) is 0.526. The lowest BCUT2D eigenvalue weighted by Gasteiger charge is -2.19. The number of hydrogen-bond acceptors (Lipinski definition) is 3. The molecule has 0 saturated carbocycles. The molecule has 0 spiro atoms. The third-order valence-electron chi connectivity index (χ3n) is 3.99. The molecule has 1 unspecified atom stereocenters. The maximum atomic E-state index is 5.98. The van der Waals surface area contributed by atoms with E-state index in [1.807, 2.05) is 24.3 Å². The summed E-state index contributed by atoms with van der Waals surface area (Å²) in [4.78, 5) is 4.70. The zero-order chi connectivity index (χ0) is 18.9. The van der Waals surface area contributed by atoms with Gasteiger partial charge in [0.15, 0.2) is 5.96 Å². The molecule has 27 heavy (non-hydrogen) atoms. The van der Waals surface area contributed by atoms with E-state index in [-0.39, 0.29) is 30.0 Å². The molecular weight excluding hydrogens is 475 g/mol. The Morgan fingerprint density at radius 1 is 1.22 bits per heavy atom. The van der Waals surface area contributed by atoms with Crippen molar-refractivity contribution in [1.82, 2.24) is 25.4 Å². The van der Waals surface area contributed by atoms with Crippen LogP contribution >= 0.6 is 35.6 Å². The molecule has 0 saturated heterocycles. The highest BCUT2D eigenvalue weighted by Gasteiger charge is 2.09. The summed E-state index contributed by atoms with van der Waals surface area (Å²) in [5, 5.41) is 15.7. The SMILES string of the molecule is CCc1nncn1CCNC(=NCC(C)C)NC(C)c1ccc(Cl)cc1.I. The molecular formula is C19H30ClIN6. The number of nitrogens with zero attached hydrogens (tertiary/aromatic N) is 4. The lowest BCUT2D eigenvalue weighted by atomic mass is 10.1. The average molecular weight is 505 g/mol. The van der Waals surface area contributed by atoms with Gasteiger partial charge >= 0.3 is 0 Å². The van der Waals surface area contributed by atoms with E-state index in [0.29, 0.717) is 5.92 Å². The van der Waals surface area contributed by atoms with Crippen LogP contribution in [0.1, 0.15) is 45.1 Å². The Hall–Kier alpha value is -1.35. The second kappa shape index (κ2) is 12.2. The third-order valence-corrected chi connectivity index (χ3v) is 4.25. The van der Waals surface area contributed by atoms with Crippen molar-refractivity contribution in [2.75, 3.05) is 13.1 Å². The quantitative estimate of drug-likeness (QED) is 0.323. The number of hydrogen-bond donors (Lipinski definition) is 2. The Bertz CT molecular complexity index is 698. The molecule has 0 aliphatic carbocycles. The van der Waals surface area contributed by atoms with Gasteiger partial charge in [-0.1, -0.05) is 44.5 Å². The largest absolute Gasteiger partial charge is 0.355 e. The molecule has 1 heterocycles. The number of guanidine groups is 1. The number of benzene rings is 1. The Labute approximate surface area is 184 Å². The molecule has 0 fully saturated rings. The van der Waals surface area contributed by atoms with Crippen molar-refractivity contribution in [3.63, 3.8) is 0 Å². The fourth-order valence-corrected chi connectivity index (χ4v) is 2.63. The molecule has 0 amide bonds. The molecule has 8 heteroatoms. The topological polar surface area (TPSA) is 67.1 Å². The van der Waals surface area contributed by atoms with Crippen LogP contribution in [0.15, 0.2) is 35.6 Å². The van der Waals surface area contributed by atoms with E-state index in [4.69, 9.17) is 16.6 Å². The molecule has 6 nitrogen and oxygen atoms in total. The van der Waals surface area contributed by atoms with Gasteiger partial charge in [0.05, 0.1) is 6.04 Å². The summed E-state index contributed by atoms with van der Waals surface area (Å²) < 4.78 is 2.07. The van der Waals surface area contributed by atoms with E-state index < -0.39 is 0 Å². The third kappa shape index (κ3) is 8.04. The van der Waals surface area contributed by atoms with Crippen LogP contribution in [0.5, 0.6) is 0 Å². The maximum absolute atomic E-state index is 5.98. The summed E-state index contributed by atoms with van der Waals surface area (Å²) in [6.45, 7) is 10.8. The van der Waals surface area contributed by atoms with Crippen molar-refractivity contribution in [1.29, 1.82) is 0 Å². The number of nitrogens with one attached hydrogen (secondary N) is 2. The number of aryl methyl sites for hydroxylation is 1. The summed E-state index contributed by atoms with van der Waals surface area (Å²) in [5.41, 5.74) is 1.17. The van der Waals surface area contributed by atoms with Gasteiger partial charge in [0.25, 0.3) is 0 Å². The maximum Gasteiger partial charge on any atom is 0.191 e. The molecule has 150 valence electrons. The van der Waals surface area contributed by atoms with Gasteiger partial charge in [0.2, 0.25) is 0 Å². The Morgan fingerprint density at radius 3 is 2.56 bits per heavy atom. The van der Waals surface area contributed by atoms with E-state index in [2.05, 4.69) is 53.1 Å². The first-order valence-corrected chi connectivity index (χ1v) is 9.54. The molecule has 2 N–H and O–H groups in total. The van der Waals surface area contributed by atoms with E-state index in [1.165, 1.54) is 5.56 Å². The molecule has 0 radical (unpaired) electrons. The first kappa shape index (κ1) is 23.7. The summed E-state index contributed by atoms with van der Waals surface area (Å²) in [6, 6.07) is 8.01. The van der Waals surface area contributed by atoms with Crippen LogP contribution in [0, 0.1) is 5.92 Å². The van der Waals surface area contributed by atoms with Gasteiger partial charge in [-0.25, -0.2) is 0 Å². The highest BCUT2D eigenvalue weighted by atomic mass is 127. The zero-order valence-electron chi connectivity index (χ0n) is 16.4. The first-order chi connectivity index (χ1) is 12.5. The molecule has 1 aromatic carbocycles. The first-order valence-electron chi connectivity index (χ1n) is 9.16. The van der Waals surface area contributed by atoms with Gasteiger partial charge in [-0.3, -0.25) is 4.99 Å². The number of rotatable bonds is 8. The van der Waals surface area contributed by atoms with E-state index in [0.717, 1.165) is 42.9 Å². The van der Waals surface area contributed by atoms with Crippen LogP contribution in [0.2, 0.25) is 5.02 Å². The predicted molar refractivity (Wildman–Crippen MR) is 123 cm³/mol. The molecule has 0 bridgehead atoms. The van der Waals surface area contributed by atoms with Crippen LogP contribution in [-0.4, -0.2) is 33.8 Å². The van der Waals surface area contributed by atoms with Gasteiger partial charge in [0, 0.05) is 31.1 Å². The van der Waals surface area contributed by atoms with Gasteiger partial charge in [-0.15, -0.1) is 34.2 Å². The van der Waals surface area contributed by atoms with Crippen LogP contribution in [0.4, 0.5) is 0 Å². The number of aromatic nitrogens is 3. The highest BCUT2D eigenvalue weighted by Crippen LogP contribution is 2.15. The molecule has 0 aliphatic rings. The van der Waals surface area contributed by atoms with Gasteiger partial charge < -0.3 is 15.2 Å². The minimum absolute atomic E-state index is 0. The minimum atomic E-state index is 0. The van der Waals surface area contributed by atoms with E-state index >= 15 is 0 Å². The summed E-state index contributed by atoms with van der Waals surface area (Å²) in [5.74, 6) is 2.31. The molecule has 1 atom stereocenters. The van der Waals surface area contributed by atoms with Gasteiger partial charge in [0.1, 0.15) is 12.2 Å². The molecule has 2 aromatic rings. The Kier molecular flexibility index (Phi) is 10.7. The molecule has 1 aromatic heterocycles. The second-order valence-electron chi connectivity index (χ2n) is 6.72. The molecule has 2 rings (SSSR count). The van der Waals surface area contributed by atoms with E-state index in [9.17, 15) is 0 Å². The van der Waals surface area contributed by atoms with Gasteiger partial charge in [-0.05, 0) is 30.5 Å². The van der Waals surface area contributed by atoms with Crippen molar-refractivity contribution in [3.8, 4) is 0 Å². The van der Waals surface area contributed by atoms with Crippen molar-refractivity contribution >= 4 is 41.5 Å². The lowest BCUT2D eigenvalue weighted by Crippen LogP contribution is -2.40. The van der Waals surface area contributed by atoms with Crippen molar-refractivity contribution in [2.45, 2.75) is 46.7 Å². The van der Waals surface area contributed by atoms with Crippen LogP contribution in [0.3, 0.4) is 0 Å². The zero-order valence-corrected chi connectivity index (χ0v) is 19.5. The fourth-order valence-electron chi connectivity index (χ4n) is 2.50. The smallest absolute Gasteiger partial charge is 0.191 e. The van der Waals surface area contributed by atoms with Crippen molar-refractivity contribution < 1.29 is 0 Å². The normalized spacial score (nSPS) is 12.6. The van der Waals surface area contributed by atoms with Crippen molar-refractivity contribution in [3.05, 3.63) is 47.0 Å². The lowest BCUT2D eigenvalue weighted by molar-refractivity contribution is 0.609. The minimum Gasteiger partial charge on any atom is -0.355 e. The Morgan fingerprint density at radius 2 is 1.93 bits per heavy atom. The number of aliphatic imine (C=N–C) groups is 1. The van der Waals surface area contributed by atoms with Crippen molar-refractivity contribution in [2.24, 2.45) is 10.9 Å². The number of halogens is 2. The second-order valence-corrected chi connectivity index (χ2v) is 7.16.